The fourth-order valence-corrected chi connectivity index (χ4v) is 4.52. The van der Waals surface area contributed by atoms with Crippen molar-refractivity contribution < 1.29 is 9.90 Å². The highest BCUT2D eigenvalue weighted by Crippen LogP contribution is 2.44. The standard InChI is InChI=1S/C19H23NO2S/c1-13-18(23-14-7-5-4-6-8-14)15-11-19(2,3)10-9-16(15)20(13)12-17(21)22/h4-8H,9-12H2,1-3H3,(H,21,22). The molecule has 0 atom stereocenters. The van der Waals surface area contributed by atoms with Crippen LogP contribution in [0.1, 0.15) is 37.2 Å². The van der Waals surface area contributed by atoms with Crippen LogP contribution in [0.15, 0.2) is 40.1 Å². The molecule has 0 bridgehead atoms. The van der Waals surface area contributed by atoms with Crippen LogP contribution in [0.4, 0.5) is 0 Å². The minimum atomic E-state index is -0.771. The van der Waals surface area contributed by atoms with Crippen LogP contribution < -0.4 is 0 Å². The number of fused-ring (bicyclic) bond motifs is 1. The van der Waals surface area contributed by atoms with E-state index in [-0.39, 0.29) is 12.0 Å². The quantitative estimate of drug-likeness (QED) is 0.895. The number of hydrogen-bond acceptors (Lipinski definition) is 2. The average molecular weight is 329 g/mol. The van der Waals surface area contributed by atoms with E-state index in [1.54, 1.807) is 11.8 Å². The number of carboxylic acid groups (broad SMARTS) is 1. The van der Waals surface area contributed by atoms with Crippen LogP contribution in [0.5, 0.6) is 0 Å². The smallest absolute Gasteiger partial charge is 0.323 e. The van der Waals surface area contributed by atoms with E-state index in [4.69, 9.17) is 0 Å². The second-order valence-electron chi connectivity index (χ2n) is 7.08. The molecule has 1 aromatic heterocycles. The Kier molecular flexibility index (Phi) is 4.28. The van der Waals surface area contributed by atoms with Crippen molar-refractivity contribution >= 4 is 17.7 Å². The fourth-order valence-electron chi connectivity index (χ4n) is 3.42. The number of aromatic nitrogens is 1. The molecule has 3 rings (SSSR count). The molecule has 0 saturated carbocycles. The molecule has 1 N–H and O–H groups in total. The monoisotopic (exact) mass is 329 g/mol. The summed E-state index contributed by atoms with van der Waals surface area (Å²) in [6.07, 6.45) is 3.09. The van der Waals surface area contributed by atoms with Crippen molar-refractivity contribution in [3.05, 3.63) is 47.3 Å². The van der Waals surface area contributed by atoms with Gasteiger partial charge in [0.1, 0.15) is 6.54 Å². The van der Waals surface area contributed by atoms with Crippen LogP contribution in [0, 0.1) is 12.3 Å². The van der Waals surface area contributed by atoms with Crippen LogP contribution in [0.25, 0.3) is 0 Å². The Morgan fingerprint density at radius 3 is 2.65 bits per heavy atom. The van der Waals surface area contributed by atoms with Crippen molar-refractivity contribution in [2.45, 2.75) is 56.4 Å². The number of carboxylic acids is 1. The maximum absolute atomic E-state index is 11.3. The third-order valence-electron chi connectivity index (χ3n) is 4.63. The van der Waals surface area contributed by atoms with Crippen LogP contribution in [0.3, 0.4) is 0 Å². The van der Waals surface area contributed by atoms with Gasteiger partial charge in [-0.2, -0.15) is 0 Å². The van der Waals surface area contributed by atoms with Gasteiger partial charge < -0.3 is 9.67 Å². The predicted molar refractivity (Wildman–Crippen MR) is 93.2 cm³/mol. The van der Waals surface area contributed by atoms with Gasteiger partial charge in [0.25, 0.3) is 0 Å². The predicted octanol–water partition coefficient (Wildman–Crippen LogP) is 4.55. The minimum absolute atomic E-state index is 0.0595. The van der Waals surface area contributed by atoms with E-state index in [2.05, 4.69) is 32.9 Å². The molecule has 0 spiro atoms. The Morgan fingerprint density at radius 2 is 2.00 bits per heavy atom. The van der Waals surface area contributed by atoms with Crippen molar-refractivity contribution in [1.29, 1.82) is 0 Å². The first kappa shape index (κ1) is 16.2. The number of rotatable bonds is 4. The third kappa shape index (κ3) is 3.32. The molecule has 0 radical (unpaired) electrons. The lowest BCUT2D eigenvalue weighted by atomic mass is 9.76. The van der Waals surface area contributed by atoms with Gasteiger partial charge in [-0.1, -0.05) is 43.8 Å². The zero-order valence-electron chi connectivity index (χ0n) is 13.9. The van der Waals surface area contributed by atoms with Gasteiger partial charge in [0.15, 0.2) is 0 Å². The highest BCUT2D eigenvalue weighted by atomic mass is 32.2. The summed E-state index contributed by atoms with van der Waals surface area (Å²) < 4.78 is 2.01. The summed E-state index contributed by atoms with van der Waals surface area (Å²) in [5, 5.41) is 9.27. The van der Waals surface area contributed by atoms with E-state index >= 15 is 0 Å². The van der Waals surface area contributed by atoms with Gasteiger partial charge in [-0.25, -0.2) is 0 Å². The number of nitrogens with zero attached hydrogens (tertiary/aromatic N) is 1. The van der Waals surface area contributed by atoms with Crippen molar-refractivity contribution in [3.63, 3.8) is 0 Å². The number of aliphatic carboxylic acids is 1. The van der Waals surface area contributed by atoms with E-state index < -0.39 is 5.97 Å². The second kappa shape index (κ2) is 6.08. The number of carbonyl (C=O) groups is 1. The fraction of sp³-hybridized carbons (Fsp3) is 0.421. The van der Waals surface area contributed by atoms with E-state index in [0.29, 0.717) is 0 Å². The molecule has 1 heterocycles. The van der Waals surface area contributed by atoms with Crippen molar-refractivity contribution in [3.8, 4) is 0 Å². The molecule has 3 nitrogen and oxygen atoms in total. The van der Waals surface area contributed by atoms with Crippen LogP contribution in [-0.4, -0.2) is 15.6 Å². The van der Waals surface area contributed by atoms with Crippen molar-refractivity contribution in [2.75, 3.05) is 0 Å². The first-order valence-corrected chi connectivity index (χ1v) is 8.84. The minimum Gasteiger partial charge on any atom is -0.480 e. The van der Waals surface area contributed by atoms with Gasteiger partial charge in [-0.3, -0.25) is 4.79 Å². The van der Waals surface area contributed by atoms with Gasteiger partial charge in [0.05, 0.1) is 0 Å². The molecule has 0 unspecified atom stereocenters. The molecule has 1 aliphatic carbocycles. The molecule has 122 valence electrons. The van der Waals surface area contributed by atoms with Crippen molar-refractivity contribution in [1.82, 2.24) is 4.57 Å². The Balaban J connectivity index is 2.07. The summed E-state index contributed by atoms with van der Waals surface area (Å²) in [6.45, 7) is 6.72. The molecular weight excluding hydrogens is 306 g/mol. The Hall–Kier alpha value is -1.68. The van der Waals surface area contributed by atoms with Crippen LogP contribution in [-0.2, 0) is 24.2 Å². The van der Waals surface area contributed by atoms with E-state index in [9.17, 15) is 9.90 Å². The van der Waals surface area contributed by atoms with Gasteiger partial charge in [-0.05, 0) is 49.3 Å². The lowest BCUT2D eigenvalue weighted by molar-refractivity contribution is -0.137. The molecule has 23 heavy (non-hydrogen) atoms. The van der Waals surface area contributed by atoms with E-state index in [0.717, 1.165) is 25.0 Å². The first-order valence-electron chi connectivity index (χ1n) is 8.03. The SMILES string of the molecule is Cc1c(Sc2ccccc2)c2c(n1CC(=O)O)CCC(C)(C)C2. The Morgan fingerprint density at radius 1 is 1.30 bits per heavy atom. The van der Waals surface area contributed by atoms with Gasteiger partial charge in [-0.15, -0.1) is 0 Å². The topological polar surface area (TPSA) is 42.2 Å². The van der Waals surface area contributed by atoms with E-state index in [1.165, 1.54) is 21.0 Å². The lowest BCUT2D eigenvalue weighted by Gasteiger charge is -2.30. The summed E-state index contributed by atoms with van der Waals surface area (Å²) in [5.74, 6) is -0.771. The van der Waals surface area contributed by atoms with Crippen molar-refractivity contribution in [2.24, 2.45) is 5.41 Å². The molecule has 0 aliphatic heterocycles. The molecule has 2 aromatic rings. The molecular formula is C19H23NO2S. The normalized spacial score (nSPS) is 16.1. The molecule has 0 saturated heterocycles. The third-order valence-corrected chi connectivity index (χ3v) is 5.89. The van der Waals surface area contributed by atoms with Gasteiger partial charge >= 0.3 is 5.97 Å². The maximum Gasteiger partial charge on any atom is 0.323 e. The zero-order chi connectivity index (χ0) is 16.6. The summed E-state index contributed by atoms with van der Waals surface area (Å²) in [6, 6.07) is 10.3. The highest BCUT2D eigenvalue weighted by Gasteiger charge is 2.32. The van der Waals surface area contributed by atoms with Gasteiger partial charge in [0.2, 0.25) is 0 Å². The van der Waals surface area contributed by atoms with Crippen LogP contribution >= 0.6 is 11.8 Å². The highest BCUT2D eigenvalue weighted by molar-refractivity contribution is 7.99. The average Bonchev–Trinajstić information content (AvgIpc) is 2.72. The molecule has 1 aliphatic rings. The summed E-state index contributed by atoms with van der Waals surface area (Å²) in [4.78, 5) is 13.7. The lowest BCUT2D eigenvalue weighted by Crippen LogP contribution is -2.24. The van der Waals surface area contributed by atoms with Gasteiger partial charge in [0, 0.05) is 21.2 Å². The molecule has 0 amide bonds. The Bertz CT molecular complexity index is 732. The Labute approximate surface area is 141 Å². The largest absolute Gasteiger partial charge is 0.480 e. The second-order valence-corrected chi connectivity index (χ2v) is 8.16. The molecule has 1 aromatic carbocycles. The summed E-state index contributed by atoms with van der Waals surface area (Å²) in [7, 11) is 0. The molecule has 4 heteroatoms. The zero-order valence-corrected chi connectivity index (χ0v) is 14.7. The number of benzene rings is 1. The molecule has 0 fully saturated rings. The first-order chi connectivity index (χ1) is 10.9. The maximum atomic E-state index is 11.3. The summed E-state index contributed by atoms with van der Waals surface area (Å²) in [5.41, 5.74) is 3.95. The van der Waals surface area contributed by atoms with E-state index in [1.807, 2.05) is 22.8 Å². The number of hydrogen-bond donors (Lipinski definition) is 1. The summed E-state index contributed by atoms with van der Waals surface area (Å²) >= 11 is 1.76. The van der Waals surface area contributed by atoms with Crippen LogP contribution in [0.2, 0.25) is 0 Å².